The average Bonchev–Trinajstić information content (AvgIpc) is 3.21. The van der Waals surface area contributed by atoms with Crippen molar-refractivity contribution in [3.8, 4) is 28.5 Å². The standard InChI is InChI=1S/C21H19FN2O4S/c1-26-15-4-6-18-13(8-15)7-14(10-28-18)20(25)24-21-23-17(11-29-21)12-3-5-19(27-2)16(22)9-12/h3-6,8-9,11,14H,7,10H2,1-2H3,(H,23,24,25). The first-order valence-electron chi connectivity index (χ1n) is 8.97. The quantitative estimate of drug-likeness (QED) is 0.679. The first-order chi connectivity index (χ1) is 14.1. The van der Waals surface area contributed by atoms with Crippen LogP contribution in [0.3, 0.4) is 0 Å². The van der Waals surface area contributed by atoms with Gasteiger partial charge in [0.25, 0.3) is 0 Å². The Morgan fingerprint density at radius 2 is 2.10 bits per heavy atom. The van der Waals surface area contributed by atoms with E-state index in [1.165, 1.54) is 24.5 Å². The largest absolute Gasteiger partial charge is 0.497 e. The monoisotopic (exact) mass is 414 g/mol. The van der Waals surface area contributed by atoms with Gasteiger partial charge in [-0.2, -0.15) is 0 Å². The molecule has 0 saturated heterocycles. The second-order valence-electron chi connectivity index (χ2n) is 6.56. The van der Waals surface area contributed by atoms with Gasteiger partial charge in [-0.1, -0.05) is 0 Å². The van der Waals surface area contributed by atoms with Crippen LogP contribution in [0, 0.1) is 11.7 Å². The second kappa shape index (κ2) is 8.08. The van der Waals surface area contributed by atoms with Crippen molar-refractivity contribution >= 4 is 22.4 Å². The molecule has 1 atom stereocenters. The van der Waals surface area contributed by atoms with Gasteiger partial charge in [0.2, 0.25) is 5.91 Å². The van der Waals surface area contributed by atoms with E-state index in [0.29, 0.717) is 29.4 Å². The average molecular weight is 414 g/mol. The fourth-order valence-corrected chi connectivity index (χ4v) is 3.89. The number of rotatable bonds is 5. The van der Waals surface area contributed by atoms with E-state index < -0.39 is 5.82 Å². The lowest BCUT2D eigenvalue weighted by Crippen LogP contribution is -2.32. The number of amides is 1. The summed E-state index contributed by atoms with van der Waals surface area (Å²) in [5, 5.41) is 5.07. The number of methoxy groups -OCH3 is 2. The summed E-state index contributed by atoms with van der Waals surface area (Å²) in [6.07, 6.45) is 0.556. The van der Waals surface area contributed by atoms with E-state index in [9.17, 15) is 9.18 Å². The third kappa shape index (κ3) is 4.02. The maximum atomic E-state index is 13.9. The van der Waals surface area contributed by atoms with Crippen LogP contribution in [-0.2, 0) is 11.2 Å². The molecule has 0 fully saturated rings. The Hall–Kier alpha value is -3.13. The van der Waals surface area contributed by atoms with Gasteiger partial charge in [-0.05, 0) is 48.4 Å². The Labute approximate surface area is 171 Å². The zero-order valence-electron chi connectivity index (χ0n) is 15.9. The number of hydrogen-bond acceptors (Lipinski definition) is 6. The number of fused-ring (bicyclic) bond motifs is 1. The molecule has 2 heterocycles. The lowest BCUT2D eigenvalue weighted by molar-refractivity contribution is -0.121. The number of ether oxygens (including phenoxy) is 3. The molecule has 1 aliphatic heterocycles. The Balaban J connectivity index is 1.45. The molecule has 2 aromatic carbocycles. The highest BCUT2D eigenvalue weighted by molar-refractivity contribution is 7.14. The van der Waals surface area contributed by atoms with Crippen molar-refractivity contribution in [3.05, 3.63) is 53.2 Å². The number of benzene rings is 2. The minimum absolute atomic E-state index is 0.166. The van der Waals surface area contributed by atoms with Crippen LogP contribution >= 0.6 is 11.3 Å². The molecule has 0 spiro atoms. The number of nitrogens with zero attached hydrogens (tertiary/aromatic N) is 1. The van der Waals surface area contributed by atoms with E-state index in [4.69, 9.17) is 14.2 Å². The third-order valence-corrected chi connectivity index (χ3v) is 5.48. The van der Waals surface area contributed by atoms with Crippen LogP contribution in [0.4, 0.5) is 9.52 Å². The molecule has 0 radical (unpaired) electrons. The molecule has 1 aromatic heterocycles. The van der Waals surface area contributed by atoms with E-state index in [2.05, 4.69) is 10.3 Å². The van der Waals surface area contributed by atoms with Crippen LogP contribution in [0.1, 0.15) is 5.56 Å². The molecule has 1 aliphatic rings. The number of carbonyl (C=O) groups excluding carboxylic acids is 1. The molecule has 1 unspecified atom stereocenters. The number of aromatic nitrogens is 1. The van der Waals surface area contributed by atoms with Crippen molar-refractivity contribution in [2.24, 2.45) is 5.92 Å². The summed E-state index contributed by atoms with van der Waals surface area (Å²) in [6.45, 7) is 0.299. The zero-order chi connectivity index (χ0) is 20.4. The molecule has 8 heteroatoms. The first-order valence-corrected chi connectivity index (χ1v) is 9.85. The summed E-state index contributed by atoms with van der Waals surface area (Å²) >= 11 is 1.29. The Morgan fingerprint density at radius 1 is 1.24 bits per heavy atom. The zero-order valence-corrected chi connectivity index (χ0v) is 16.7. The van der Waals surface area contributed by atoms with Gasteiger partial charge in [0.15, 0.2) is 16.7 Å². The summed E-state index contributed by atoms with van der Waals surface area (Å²) < 4.78 is 29.8. The van der Waals surface area contributed by atoms with Crippen LogP contribution in [-0.4, -0.2) is 31.7 Å². The van der Waals surface area contributed by atoms with Crippen molar-refractivity contribution in [3.63, 3.8) is 0 Å². The van der Waals surface area contributed by atoms with Gasteiger partial charge < -0.3 is 19.5 Å². The molecule has 4 rings (SSSR count). The van der Waals surface area contributed by atoms with Crippen molar-refractivity contribution in [2.45, 2.75) is 6.42 Å². The topological polar surface area (TPSA) is 69.7 Å². The molecular formula is C21H19FN2O4S. The lowest BCUT2D eigenvalue weighted by Gasteiger charge is -2.24. The molecular weight excluding hydrogens is 395 g/mol. The SMILES string of the molecule is COc1ccc2c(c1)CC(C(=O)Nc1nc(-c3ccc(OC)c(F)c3)cs1)CO2. The lowest BCUT2D eigenvalue weighted by atomic mass is 9.96. The van der Waals surface area contributed by atoms with Crippen LogP contribution < -0.4 is 19.5 Å². The van der Waals surface area contributed by atoms with Crippen molar-refractivity contribution < 1.29 is 23.4 Å². The molecule has 0 bridgehead atoms. The number of nitrogens with one attached hydrogen (secondary N) is 1. The highest BCUT2D eigenvalue weighted by atomic mass is 32.1. The van der Waals surface area contributed by atoms with Gasteiger partial charge in [-0.15, -0.1) is 11.3 Å². The number of halogens is 1. The molecule has 0 aliphatic carbocycles. The number of hydrogen-bond donors (Lipinski definition) is 1. The summed E-state index contributed by atoms with van der Waals surface area (Å²) in [4.78, 5) is 17.1. The number of thiazole rings is 1. The van der Waals surface area contributed by atoms with Crippen LogP contribution in [0.25, 0.3) is 11.3 Å². The van der Waals surface area contributed by atoms with Crippen LogP contribution in [0.2, 0.25) is 0 Å². The van der Waals surface area contributed by atoms with E-state index in [1.54, 1.807) is 24.6 Å². The summed E-state index contributed by atoms with van der Waals surface area (Å²) in [5.74, 6) is 0.710. The molecule has 29 heavy (non-hydrogen) atoms. The van der Waals surface area contributed by atoms with E-state index in [0.717, 1.165) is 17.1 Å². The van der Waals surface area contributed by atoms with Gasteiger partial charge in [-0.25, -0.2) is 9.37 Å². The maximum Gasteiger partial charge on any atom is 0.233 e. The van der Waals surface area contributed by atoms with Gasteiger partial charge in [0.05, 0.1) is 25.8 Å². The summed E-state index contributed by atoms with van der Waals surface area (Å²) in [6, 6.07) is 10.2. The van der Waals surface area contributed by atoms with E-state index in [1.807, 2.05) is 18.2 Å². The van der Waals surface area contributed by atoms with E-state index in [-0.39, 0.29) is 17.6 Å². The molecule has 0 saturated carbocycles. The number of anilines is 1. The smallest absolute Gasteiger partial charge is 0.233 e. The predicted octanol–water partition coefficient (Wildman–Crippen LogP) is 4.16. The fourth-order valence-electron chi connectivity index (χ4n) is 3.16. The minimum Gasteiger partial charge on any atom is -0.497 e. The molecule has 3 aromatic rings. The molecule has 150 valence electrons. The maximum absolute atomic E-state index is 13.9. The Bertz CT molecular complexity index is 1050. The fraction of sp³-hybridized carbons (Fsp3) is 0.238. The third-order valence-electron chi connectivity index (χ3n) is 4.73. The van der Waals surface area contributed by atoms with Gasteiger partial charge in [0, 0.05) is 10.9 Å². The van der Waals surface area contributed by atoms with Crippen molar-refractivity contribution in [1.29, 1.82) is 0 Å². The van der Waals surface area contributed by atoms with Crippen LogP contribution in [0.15, 0.2) is 41.8 Å². The van der Waals surface area contributed by atoms with E-state index >= 15 is 0 Å². The normalized spacial score (nSPS) is 15.2. The summed E-state index contributed by atoms with van der Waals surface area (Å²) in [5.41, 5.74) is 2.13. The molecule has 1 amide bonds. The summed E-state index contributed by atoms with van der Waals surface area (Å²) in [7, 11) is 3.02. The van der Waals surface area contributed by atoms with Gasteiger partial charge in [0.1, 0.15) is 18.1 Å². The highest BCUT2D eigenvalue weighted by Crippen LogP contribution is 2.32. The molecule has 1 N–H and O–H groups in total. The van der Waals surface area contributed by atoms with Crippen molar-refractivity contribution in [2.75, 3.05) is 26.1 Å². The highest BCUT2D eigenvalue weighted by Gasteiger charge is 2.27. The predicted molar refractivity (Wildman–Crippen MR) is 108 cm³/mol. The Morgan fingerprint density at radius 3 is 2.86 bits per heavy atom. The second-order valence-corrected chi connectivity index (χ2v) is 7.42. The minimum atomic E-state index is -0.461. The van der Waals surface area contributed by atoms with Gasteiger partial charge >= 0.3 is 0 Å². The molecule has 6 nitrogen and oxygen atoms in total. The van der Waals surface area contributed by atoms with Crippen molar-refractivity contribution in [1.82, 2.24) is 4.98 Å². The van der Waals surface area contributed by atoms with Crippen LogP contribution in [0.5, 0.6) is 17.2 Å². The van der Waals surface area contributed by atoms with Gasteiger partial charge in [-0.3, -0.25) is 4.79 Å². The Kier molecular flexibility index (Phi) is 5.35. The number of carbonyl (C=O) groups is 1. The first kappa shape index (κ1) is 19.2.